The first-order chi connectivity index (χ1) is 8.60. The Hall–Kier alpha value is 0. The predicted octanol–water partition coefficient (Wildman–Crippen LogP) is 6.65. The normalized spacial score (nSPS) is 16.5. The van der Waals surface area contributed by atoms with Gasteiger partial charge in [0.15, 0.2) is 0 Å². The van der Waals surface area contributed by atoms with Crippen molar-refractivity contribution >= 4 is 0 Å². The van der Waals surface area contributed by atoms with Crippen LogP contribution in [0.4, 0.5) is 0 Å². The largest absolute Gasteiger partial charge is 0.0651 e. The van der Waals surface area contributed by atoms with Crippen LogP contribution < -0.4 is 0 Å². The quantitative estimate of drug-likeness (QED) is 0.342. The SMILES string of the molecule is [CH2]C(CCCCCC(C)CC)CCCC(C)CC. The molecule has 1 radical (unpaired) electrons. The van der Waals surface area contributed by atoms with Crippen molar-refractivity contribution in [3.8, 4) is 0 Å². The Morgan fingerprint density at radius 1 is 0.667 bits per heavy atom. The summed E-state index contributed by atoms with van der Waals surface area (Å²) >= 11 is 0. The summed E-state index contributed by atoms with van der Waals surface area (Å²) in [5.74, 6) is 2.54. The molecule has 0 N–H and O–H groups in total. The molecule has 0 spiro atoms. The van der Waals surface area contributed by atoms with Crippen molar-refractivity contribution in [2.24, 2.45) is 17.8 Å². The highest BCUT2D eigenvalue weighted by molar-refractivity contribution is 4.63. The maximum absolute atomic E-state index is 4.31. The van der Waals surface area contributed by atoms with Crippen LogP contribution in [0.2, 0.25) is 0 Å². The lowest BCUT2D eigenvalue weighted by atomic mass is 9.93. The number of hydrogen-bond donors (Lipinski definition) is 0. The summed E-state index contributed by atoms with van der Waals surface area (Å²) in [6, 6.07) is 0. The lowest BCUT2D eigenvalue weighted by molar-refractivity contribution is 0.420. The fourth-order valence-electron chi connectivity index (χ4n) is 2.41. The first kappa shape index (κ1) is 18.0. The van der Waals surface area contributed by atoms with Crippen LogP contribution in [0.1, 0.15) is 91.9 Å². The highest BCUT2D eigenvalue weighted by Gasteiger charge is 2.05. The van der Waals surface area contributed by atoms with E-state index < -0.39 is 0 Å². The van der Waals surface area contributed by atoms with Crippen molar-refractivity contribution in [2.45, 2.75) is 91.9 Å². The van der Waals surface area contributed by atoms with Gasteiger partial charge in [-0.1, -0.05) is 98.8 Å². The van der Waals surface area contributed by atoms with E-state index in [2.05, 4.69) is 34.6 Å². The first-order valence-electron chi connectivity index (χ1n) is 8.43. The maximum atomic E-state index is 4.31. The molecule has 109 valence electrons. The van der Waals surface area contributed by atoms with E-state index in [0.717, 1.165) is 11.8 Å². The van der Waals surface area contributed by atoms with Gasteiger partial charge in [0.05, 0.1) is 0 Å². The van der Waals surface area contributed by atoms with Gasteiger partial charge in [0.1, 0.15) is 0 Å². The molecule has 0 amide bonds. The minimum atomic E-state index is 0.706. The van der Waals surface area contributed by atoms with Crippen LogP contribution in [0.25, 0.3) is 0 Å². The van der Waals surface area contributed by atoms with E-state index in [1.54, 1.807) is 0 Å². The van der Waals surface area contributed by atoms with Gasteiger partial charge in [-0.05, 0) is 17.8 Å². The molecule has 0 aromatic heterocycles. The molecule has 0 saturated carbocycles. The Kier molecular flexibility index (Phi) is 12.1. The Balaban J connectivity index is 3.29. The van der Waals surface area contributed by atoms with Crippen LogP contribution in [0, 0.1) is 24.7 Å². The zero-order valence-corrected chi connectivity index (χ0v) is 13.5. The van der Waals surface area contributed by atoms with Crippen LogP contribution in [0.5, 0.6) is 0 Å². The van der Waals surface area contributed by atoms with Crippen molar-refractivity contribution in [3.63, 3.8) is 0 Å². The van der Waals surface area contributed by atoms with E-state index in [-0.39, 0.29) is 0 Å². The average Bonchev–Trinajstić information content (AvgIpc) is 2.37. The highest BCUT2D eigenvalue weighted by Crippen LogP contribution is 2.20. The molecule has 0 aromatic carbocycles. The van der Waals surface area contributed by atoms with Crippen molar-refractivity contribution in [1.29, 1.82) is 0 Å². The van der Waals surface area contributed by atoms with Gasteiger partial charge in [-0.15, -0.1) is 0 Å². The van der Waals surface area contributed by atoms with Gasteiger partial charge in [-0.25, -0.2) is 0 Å². The number of hydrogen-bond acceptors (Lipinski definition) is 0. The molecular formula is C18H37. The van der Waals surface area contributed by atoms with Gasteiger partial charge in [0.2, 0.25) is 0 Å². The summed E-state index contributed by atoms with van der Waals surface area (Å²) in [5.41, 5.74) is 0. The summed E-state index contributed by atoms with van der Waals surface area (Å²) in [6.07, 6.45) is 13.8. The van der Waals surface area contributed by atoms with Crippen molar-refractivity contribution in [1.82, 2.24) is 0 Å². The standard InChI is InChI=1S/C18H37/c1-6-16(3)12-9-8-10-13-18(5)15-11-14-17(4)7-2/h16-18H,5-15H2,1-4H3. The molecule has 3 unspecified atom stereocenters. The Bertz CT molecular complexity index is 161. The summed E-state index contributed by atoms with van der Waals surface area (Å²) in [4.78, 5) is 0. The van der Waals surface area contributed by atoms with Crippen LogP contribution in [0.3, 0.4) is 0 Å². The molecular weight excluding hydrogens is 216 g/mol. The fourth-order valence-corrected chi connectivity index (χ4v) is 2.41. The predicted molar refractivity (Wildman–Crippen MR) is 84.7 cm³/mol. The topological polar surface area (TPSA) is 0 Å². The molecule has 0 aliphatic carbocycles. The molecule has 0 aromatic rings. The second kappa shape index (κ2) is 12.1. The molecule has 18 heavy (non-hydrogen) atoms. The molecule has 0 rings (SSSR count). The van der Waals surface area contributed by atoms with Gasteiger partial charge in [-0.2, -0.15) is 0 Å². The summed E-state index contributed by atoms with van der Waals surface area (Å²) < 4.78 is 0. The molecule has 0 saturated heterocycles. The van der Waals surface area contributed by atoms with Crippen LogP contribution >= 0.6 is 0 Å². The van der Waals surface area contributed by atoms with E-state index >= 15 is 0 Å². The van der Waals surface area contributed by atoms with Gasteiger partial charge >= 0.3 is 0 Å². The lowest BCUT2D eigenvalue weighted by Crippen LogP contribution is -1.99. The number of rotatable bonds is 12. The molecule has 0 bridgehead atoms. The molecule has 0 aliphatic heterocycles. The molecule has 0 heterocycles. The smallest absolute Gasteiger partial charge is 0.0414 e. The maximum Gasteiger partial charge on any atom is -0.0414 e. The summed E-state index contributed by atoms with van der Waals surface area (Å²) in [6.45, 7) is 13.6. The highest BCUT2D eigenvalue weighted by atomic mass is 14.1. The first-order valence-corrected chi connectivity index (χ1v) is 8.43. The second-order valence-electron chi connectivity index (χ2n) is 6.46. The third kappa shape index (κ3) is 11.1. The molecule has 0 aliphatic rings. The van der Waals surface area contributed by atoms with Crippen molar-refractivity contribution in [3.05, 3.63) is 6.92 Å². The van der Waals surface area contributed by atoms with Gasteiger partial charge < -0.3 is 0 Å². The summed E-state index contributed by atoms with van der Waals surface area (Å²) in [5, 5.41) is 0. The van der Waals surface area contributed by atoms with Crippen LogP contribution in [-0.2, 0) is 0 Å². The van der Waals surface area contributed by atoms with E-state index in [0.29, 0.717) is 5.92 Å². The zero-order chi connectivity index (χ0) is 13.8. The lowest BCUT2D eigenvalue weighted by Gasteiger charge is -2.13. The minimum absolute atomic E-state index is 0.706. The molecule has 3 atom stereocenters. The number of unbranched alkanes of at least 4 members (excludes halogenated alkanes) is 2. The summed E-state index contributed by atoms with van der Waals surface area (Å²) in [7, 11) is 0. The minimum Gasteiger partial charge on any atom is -0.0651 e. The Morgan fingerprint density at radius 2 is 1.11 bits per heavy atom. The molecule has 0 nitrogen and oxygen atoms in total. The van der Waals surface area contributed by atoms with E-state index in [1.165, 1.54) is 64.2 Å². The van der Waals surface area contributed by atoms with E-state index in [9.17, 15) is 0 Å². The second-order valence-corrected chi connectivity index (χ2v) is 6.46. The third-order valence-corrected chi connectivity index (χ3v) is 4.51. The Morgan fingerprint density at radius 3 is 1.67 bits per heavy atom. The van der Waals surface area contributed by atoms with Crippen LogP contribution in [0.15, 0.2) is 0 Å². The fraction of sp³-hybridized carbons (Fsp3) is 0.944. The van der Waals surface area contributed by atoms with Gasteiger partial charge in [0.25, 0.3) is 0 Å². The van der Waals surface area contributed by atoms with Crippen molar-refractivity contribution < 1.29 is 0 Å². The third-order valence-electron chi connectivity index (χ3n) is 4.51. The molecule has 0 heteroatoms. The van der Waals surface area contributed by atoms with E-state index in [1.807, 2.05) is 0 Å². The monoisotopic (exact) mass is 253 g/mol. The van der Waals surface area contributed by atoms with Gasteiger partial charge in [0, 0.05) is 0 Å². The molecule has 0 fully saturated rings. The zero-order valence-electron chi connectivity index (χ0n) is 13.5. The Labute approximate surface area is 117 Å². The van der Waals surface area contributed by atoms with Crippen LogP contribution in [-0.4, -0.2) is 0 Å². The average molecular weight is 253 g/mol. The van der Waals surface area contributed by atoms with Crippen molar-refractivity contribution in [2.75, 3.05) is 0 Å². The van der Waals surface area contributed by atoms with Gasteiger partial charge in [-0.3, -0.25) is 0 Å². The van der Waals surface area contributed by atoms with E-state index in [4.69, 9.17) is 0 Å².